The van der Waals surface area contributed by atoms with Crippen molar-refractivity contribution in [3.8, 4) is 0 Å². The van der Waals surface area contributed by atoms with Gasteiger partial charge in [-0.15, -0.1) is 0 Å². The zero-order chi connectivity index (χ0) is 9.80. The van der Waals surface area contributed by atoms with E-state index >= 15 is 0 Å². The molecule has 0 saturated heterocycles. The van der Waals surface area contributed by atoms with Gasteiger partial charge in [-0.05, 0) is 32.6 Å². The van der Waals surface area contributed by atoms with Gasteiger partial charge in [0, 0.05) is 6.04 Å². The summed E-state index contributed by atoms with van der Waals surface area (Å²) < 4.78 is 0. The first kappa shape index (κ1) is 10.0. The molecule has 2 saturated carbocycles. The van der Waals surface area contributed by atoms with Crippen molar-refractivity contribution in [3.63, 3.8) is 0 Å². The molecule has 1 N–H and O–H groups in total. The molecule has 0 aliphatic heterocycles. The zero-order valence-electron chi connectivity index (χ0n) is 9.26. The maximum Gasteiger partial charge on any atom is 0.0937 e. The van der Waals surface area contributed by atoms with Crippen LogP contribution < -0.4 is 5.32 Å². The lowest BCUT2D eigenvalue weighted by molar-refractivity contribution is 0.617. The Bertz CT molecular complexity index is 198. The van der Waals surface area contributed by atoms with Crippen molar-refractivity contribution < 1.29 is 0 Å². The third kappa shape index (κ3) is 2.73. The van der Waals surface area contributed by atoms with Crippen LogP contribution in [-0.4, -0.2) is 17.9 Å². The van der Waals surface area contributed by atoms with Gasteiger partial charge in [-0.25, -0.2) is 0 Å². The first-order valence-electron chi connectivity index (χ1n) is 6.15. The van der Waals surface area contributed by atoms with Gasteiger partial charge in [0.2, 0.25) is 0 Å². The second kappa shape index (κ2) is 4.81. The van der Waals surface area contributed by atoms with Crippen LogP contribution in [0, 0.1) is 0 Å². The molecule has 0 radical (unpaired) electrons. The van der Waals surface area contributed by atoms with Crippen molar-refractivity contribution in [2.45, 2.75) is 70.4 Å². The molecule has 0 aromatic carbocycles. The Morgan fingerprint density at radius 1 is 1.00 bits per heavy atom. The molecule has 14 heavy (non-hydrogen) atoms. The first-order valence-corrected chi connectivity index (χ1v) is 6.15. The third-order valence-corrected chi connectivity index (χ3v) is 3.47. The van der Waals surface area contributed by atoms with Gasteiger partial charge in [0.25, 0.3) is 0 Å². The van der Waals surface area contributed by atoms with Crippen molar-refractivity contribution in [2.75, 3.05) is 0 Å². The fourth-order valence-corrected chi connectivity index (χ4v) is 2.71. The van der Waals surface area contributed by atoms with E-state index in [0.29, 0.717) is 6.04 Å². The second-order valence-corrected chi connectivity index (χ2v) is 4.78. The van der Waals surface area contributed by atoms with Crippen LogP contribution in [0.3, 0.4) is 0 Å². The van der Waals surface area contributed by atoms with Crippen LogP contribution in [0.2, 0.25) is 0 Å². The molecule has 2 aliphatic rings. The minimum Gasteiger partial charge on any atom is -0.371 e. The van der Waals surface area contributed by atoms with E-state index in [2.05, 4.69) is 12.2 Å². The average Bonchev–Trinajstić information content (AvgIpc) is 2.76. The van der Waals surface area contributed by atoms with E-state index in [4.69, 9.17) is 4.99 Å². The summed E-state index contributed by atoms with van der Waals surface area (Å²) in [4.78, 5) is 4.75. The van der Waals surface area contributed by atoms with Gasteiger partial charge in [-0.1, -0.05) is 25.7 Å². The number of amidine groups is 1. The molecule has 0 unspecified atom stereocenters. The summed E-state index contributed by atoms with van der Waals surface area (Å²) in [6, 6.07) is 1.35. The molecule has 0 aromatic heterocycles. The van der Waals surface area contributed by atoms with Gasteiger partial charge < -0.3 is 5.32 Å². The molecule has 0 bridgehead atoms. The monoisotopic (exact) mass is 194 g/mol. The normalized spacial score (nSPS) is 25.9. The fourth-order valence-electron chi connectivity index (χ4n) is 2.71. The molecule has 2 rings (SSSR count). The number of nitrogens with zero attached hydrogens (tertiary/aromatic N) is 1. The number of hydrogen-bond donors (Lipinski definition) is 1. The lowest BCUT2D eigenvalue weighted by atomic mass is 10.2. The van der Waals surface area contributed by atoms with Crippen LogP contribution in [0.1, 0.15) is 58.3 Å². The van der Waals surface area contributed by atoms with Crippen molar-refractivity contribution in [3.05, 3.63) is 0 Å². The van der Waals surface area contributed by atoms with E-state index < -0.39 is 0 Å². The van der Waals surface area contributed by atoms with Crippen LogP contribution in [0.25, 0.3) is 0 Å². The van der Waals surface area contributed by atoms with Gasteiger partial charge in [0.1, 0.15) is 0 Å². The van der Waals surface area contributed by atoms with Gasteiger partial charge in [0.15, 0.2) is 0 Å². The molecule has 0 atom stereocenters. The molecule has 0 amide bonds. The van der Waals surface area contributed by atoms with Crippen LogP contribution in [0.4, 0.5) is 0 Å². The molecular formula is C12H22N2. The summed E-state index contributed by atoms with van der Waals surface area (Å²) in [7, 11) is 0. The van der Waals surface area contributed by atoms with E-state index in [-0.39, 0.29) is 0 Å². The third-order valence-electron chi connectivity index (χ3n) is 3.47. The van der Waals surface area contributed by atoms with E-state index in [1.165, 1.54) is 57.2 Å². The summed E-state index contributed by atoms with van der Waals surface area (Å²) in [5, 5.41) is 3.56. The maximum atomic E-state index is 4.75. The van der Waals surface area contributed by atoms with E-state index in [1.807, 2.05) is 0 Å². The Hall–Kier alpha value is -0.530. The van der Waals surface area contributed by atoms with Crippen molar-refractivity contribution in [2.24, 2.45) is 4.99 Å². The lowest BCUT2D eigenvalue weighted by Gasteiger charge is -2.14. The highest BCUT2D eigenvalue weighted by atomic mass is 15.0. The minimum atomic E-state index is 0.629. The molecule has 0 spiro atoms. The molecule has 0 aromatic rings. The number of nitrogens with one attached hydrogen (secondary N) is 1. The first-order chi connectivity index (χ1) is 6.84. The van der Waals surface area contributed by atoms with Crippen LogP contribution in [0.5, 0.6) is 0 Å². The van der Waals surface area contributed by atoms with Crippen LogP contribution in [-0.2, 0) is 0 Å². The van der Waals surface area contributed by atoms with Crippen molar-refractivity contribution >= 4 is 5.84 Å². The summed E-state index contributed by atoms with van der Waals surface area (Å²) in [5.41, 5.74) is 0. The standard InChI is InChI=1S/C12H22N2/c1-10(13-11-6-2-3-7-11)14-12-8-4-5-9-12/h11-12H,2-9H2,1H3,(H,13,14). The average molecular weight is 194 g/mol. The van der Waals surface area contributed by atoms with E-state index in [0.717, 1.165) is 6.04 Å². The Morgan fingerprint density at radius 2 is 1.57 bits per heavy atom. The van der Waals surface area contributed by atoms with Crippen LogP contribution >= 0.6 is 0 Å². The van der Waals surface area contributed by atoms with Gasteiger partial charge in [-0.2, -0.15) is 0 Å². The van der Waals surface area contributed by atoms with Gasteiger partial charge in [-0.3, -0.25) is 4.99 Å². The fraction of sp³-hybridized carbons (Fsp3) is 0.917. The summed E-state index contributed by atoms with van der Waals surface area (Å²) >= 11 is 0. The van der Waals surface area contributed by atoms with E-state index in [1.54, 1.807) is 0 Å². The smallest absolute Gasteiger partial charge is 0.0937 e. The summed E-state index contributed by atoms with van der Waals surface area (Å²) in [5.74, 6) is 1.18. The Morgan fingerprint density at radius 3 is 2.21 bits per heavy atom. The molecule has 80 valence electrons. The summed E-state index contributed by atoms with van der Waals surface area (Å²) in [6.45, 7) is 2.14. The minimum absolute atomic E-state index is 0.629. The topological polar surface area (TPSA) is 24.4 Å². The predicted molar refractivity (Wildman–Crippen MR) is 60.8 cm³/mol. The molecule has 2 nitrogen and oxygen atoms in total. The highest BCUT2D eigenvalue weighted by Gasteiger charge is 2.16. The molecular weight excluding hydrogens is 172 g/mol. The molecule has 2 heteroatoms. The Labute approximate surface area is 87.2 Å². The maximum absolute atomic E-state index is 4.75. The Kier molecular flexibility index (Phi) is 3.44. The predicted octanol–water partition coefficient (Wildman–Crippen LogP) is 2.88. The lowest BCUT2D eigenvalue weighted by Crippen LogP contribution is -2.31. The Balaban J connectivity index is 1.77. The highest BCUT2D eigenvalue weighted by Crippen LogP contribution is 2.21. The highest BCUT2D eigenvalue weighted by molar-refractivity contribution is 5.80. The quantitative estimate of drug-likeness (QED) is 0.530. The zero-order valence-corrected chi connectivity index (χ0v) is 9.26. The van der Waals surface area contributed by atoms with Gasteiger partial charge in [0.05, 0.1) is 11.9 Å². The molecule has 2 aliphatic carbocycles. The largest absolute Gasteiger partial charge is 0.371 e. The molecule has 0 heterocycles. The van der Waals surface area contributed by atoms with Crippen molar-refractivity contribution in [1.82, 2.24) is 5.32 Å². The molecule has 2 fully saturated rings. The van der Waals surface area contributed by atoms with Crippen molar-refractivity contribution in [1.29, 1.82) is 0 Å². The number of rotatable bonds is 2. The van der Waals surface area contributed by atoms with Crippen LogP contribution in [0.15, 0.2) is 4.99 Å². The SMILES string of the molecule is CC(=NC1CCCC1)NC1CCCC1. The number of hydrogen-bond acceptors (Lipinski definition) is 1. The second-order valence-electron chi connectivity index (χ2n) is 4.78. The van der Waals surface area contributed by atoms with E-state index in [9.17, 15) is 0 Å². The van der Waals surface area contributed by atoms with Gasteiger partial charge >= 0.3 is 0 Å². The summed E-state index contributed by atoms with van der Waals surface area (Å²) in [6.07, 6.45) is 10.9. The number of aliphatic imine (C=N–C) groups is 1.